The lowest BCUT2D eigenvalue weighted by Crippen LogP contribution is -2.13. The Morgan fingerprint density at radius 3 is 2.91 bits per heavy atom. The normalized spacial score (nSPS) is 15.4. The molecule has 0 spiro atoms. The van der Waals surface area contributed by atoms with Crippen LogP contribution in [0.15, 0.2) is 48.8 Å². The number of fused-ring (bicyclic) bond motifs is 1. The van der Waals surface area contributed by atoms with Crippen LogP contribution >= 0.6 is 11.6 Å². The molecule has 180 valence electrons. The van der Waals surface area contributed by atoms with E-state index in [1.54, 1.807) is 24.3 Å². The number of aromatic nitrogens is 2. The van der Waals surface area contributed by atoms with E-state index in [1.165, 1.54) is 24.5 Å². The minimum absolute atomic E-state index is 0.00230. The molecule has 1 aromatic heterocycles. The van der Waals surface area contributed by atoms with E-state index in [9.17, 15) is 9.18 Å². The van der Waals surface area contributed by atoms with E-state index in [0.29, 0.717) is 46.8 Å². The number of benzene rings is 2. The lowest BCUT2D eigenvalue weighted by Gasteiger charge is -2.12. The Balaban J connectivity index is 1.71. The highest BCUT2D eigenvalue weighted by molar-refractivity contribution is 6.31. The van der Waals surface area contributed by atoms with Gasteiger partial charge in [0.15, 0.2) is 0 Å². The fourth-order valence-electron chi connectivity index (χ4n) is 3.51. The zero-order valence-corrected chi connectivity index (χ0v) is 20.2. The highest BCUT2D eigenvalue weighted by atomic mass is 35.5. The zero-order valence-electron chi connectivity index (χ0n) is 19.4. The third-order valence-electron chi connectivity index (χ3n) is 5.25. The number of likely N-dealkylation sites (N-methyl/N-ethyl adjacent to an activating group) is 1. The summed E-state index contributed by atoms with van der Waals surface area (Å²) in [5.74, 6) is 5.99. The number of amides is 1. The molecule has 35 heavy (non-hydrogen) atoms. The van der Waals surface area contributed by atoms with Gasteiger partial charge in [0.25, 0.3) is 0 Å². The maximum Gasteiger partial charge on any atom is 0.248 e. The molecule has 0 unspecified atom stereocenters. The van der Waals surface area contributed by atoms with Crippen molar-refractivity contribution in [2.24, 2.45) is 0 Å². The first-order valence-electron chi connectivity index (χ1n) is 11.2. The maximum absolute atomic E-state index is 13.6. The van der Waals surface area contributed by atoms with E-state index in [1.807, 2.05) is 19.0 Å². The van der Waals surface area contributed by atoms with Crippen LogP contribution < -0.4 is 10.6 Å². The Kier molecular flexibility index (Phi) is 7.93. The number of halogens is 2. The van der Waals surface area contributed by atoms with Crippen molar-refractivity contribution in [3.63, 3.8) is 0 Å². The van der Waals surface area contributed by atoms with Gasteiger partial charge in [-0.3, -0.25) is 4.79 Å². The third-order valence-corrected chi connectivity index (χ3v) is 5.54. The number of anilines is 3. The molecule has 1 aliphatic rings. The average molecular weight is 494 g/mol. The molecule has 2 N–H and O–H groups in total. The van der Waals surface area contributed by atoms with Crippen molar-refractivity contribution < 1.29 is 13.9 Å². The van der Waals surface area contributed by atoms with E-state index < -0.39 is 5.82 Å². The van der Waals surface area contributed by atoms with Crippen molar-refractivity contribution in [2.75, 3.05) is 37.9 Å². The fraction of sp³-hybridized carbons (Fsp3) is 0.269. The molecule has 7 nitrogen and oxygen atoms in total. The van der Waals surface area contributed by atoms with Crippen molar-refractivity contribution >= 4 is 45.6 Å². The van der Waals surface area contributed by atoms with Crippen LogP contribution in [0.25, 0.3) is 10.9 Å². The van der Waals surface area contributed by atoms with Crippen LogP contribution in [0.4, 0.5) is 21.6 Å². The number of nitrogens with zero attached hydrogens (tertiary/aromatic N) is 3. The summed E-state index contributed by atoms with van der Waals surface area (Å²) in [5.41, 5.74) is 2.35. The summed E-state index contributed by atoms with van der Waals surface area (Å²) in [5, 5.41) is 6.72. The van der Waals surface area contributed by atoms with Gasteiger partial charge in [0, 0.05) is 30.3 Å². The summed E-state index contributed by atoms with van der Waals surface area (Å²) in [4.78, 5) is 23.3. The lowest BCUT2D eigenvalue weighted by molar-refractivity contribution is -0.111. The topological polar surface area (TPSA) is 79.4 Å². The molecule has 9 heteroatoms. The number of carbonyl (C=O) groups excluding carboxylic acids is 1. The zero-order chi connectivity index (χ0) is 24.8. The third kappa shape index (κ3) is 6.55. The van der Waals surface area contributed by atoms with Gasteiger partial charge in [-0.1, -0.05) is 29.5 Å². The standard InChI is InChI=1S/C26H25ClFN5O2/c1-33(2)11-3-6-25(34)32-23-15-20-24(13-17(23)7-9-19-5-4-12-35-19)29-16-30-26(20)31-18-8-10-22(28)21(27)14-18/h3,6,8,10,13-16,19H,4-5,11-12H2,1-2H3,(H,32,34)(H,29,30,31)/t19-/m1/s1. The highest BCUT2D eigenvalue weighted by Crippen LogP contribution is 2.30. The van der Waals surface area contributed by atoms with Crippen molar-refractivity contribution in [1.82, 2.24) is 14.9 Å². The highest BCUT2D eigenvalue weighted by Gasteiger charge is 2.14. The molecule has 1 atom stereocenters. The molecule has 2 heterocycles. The summed E-state index contributed by atoms with van der Waals surface area (Å²) >= 11 is 5.92. The van der Waals surface area contributed by atoms with Crippen molar-refractivity contribution in [1.29, 1.82) is 0 Å². The van der Waals surface area contributed by atoms with Gasteiger partial charge in [0.1, 0.15) is 24.1 Å². The van der Waals surface area contributed by atoms with Gasteiger partial charge in [-0.2, -0.15) is 0 Å². The van der Waals surface area contributed by atoms with E-state index >= 15 is 0 Å². The predicted molar refractivity (Wildman–Crippen MR) is 136 cm³/mol. The number of ether oxygens (including phenoxy) is 1. The SMILES string of the molecule is CN(C)CC=CC(=O)Nc1cc2c(Nc3ccc(F)c(Cl)c3)ncnc2cc1C#C[C@H]1CCCO1. The van der Waals surface area contributed by atoms with Crippen LogP contribution in [-0.2, 0) is 9.53 Å². The van der Waals surface area contributed by atoms with Gasteiger partial charge in [0.05, 0.1) is 21.8 Å². The molecule has 2 aromatic carbocycles. The van der Waals surface area contributed by atoms with Crippen LogP contribution in [0, 0.1) is 17.7 Å². The molecular weight excluding hydrogens is 469 g/mol. The summed E-state index contributed by atoms with van der Waals surface area (Å²) in [6, 6.07) is 7.90. The van der Waals surface area contributed by atoms with E-state index in [2.05, 4.69) is 32.4 Å². The van der Waals surface area contributed by atoms with Crippen LogP contribution in [0.2, 0.25) is 5.02 Å². The van der Waals surface area contributed by atoms with Gasteiger partial charge in [0.2, 0.25) is 5.91 Å². The van der Waals surface area contributed by atoms with Gasteiger partial charge >= 0.3 is 0 Å². The minimum Gasteiger partial charge on any atom is -0.366 e. The second-order valence-electron chi connectivity index (χ2n) is 8.32. The molecule has 1 fully saturated rings. The summed E-state index contributed by atoms with van der Waals surface area (Å²) in [6.45, 7) is 1.34. The number of hydrogen-bond acceptors (Lipinski definition) is 6. The van der Waals surface area contributed by atoms with Crippen molar-refractivity contribution in [2.45, 2.75) is 18.9 Å². The van der Waals surface area contributed by atoms with Crippen LogP contribution in [0.5, 0.6) is 0 Å². The Bertz CT molecular complexity index is 1330. The number of carbonyl (C=O) groups is 1. The largest absolute Gasteiger partial charge is 0.366 e. The Labute approximate surface area is 208 Å². The first kappa shape index (κ1) is 24.6. The second-order valence-corrected chi connectivity index (χ2v) is 8.72. The summed E-state index contributed by atoms with van der Waals surface area (Å²) in [7, 11) is 3.85. The molecule has 0 saturated carbocycles. The molecular formula is C26H25ClFN5O2. The molecule has 0 aliphatic carbocycles. The monoisotopic (exact) mass is 493 g/mol. The van der Waals surface area contributed by atoms with Crippen molar-refractivity contribution in [3.05, 3.63) is 65.2 Å². The molecule has 1 aliphatic heterocycles. The Morgan fingerprint density at radius 2 is 2.17 bits per heavy atom. The quantitative estimate of drug-likeness (QED) is 0.381. The minimum atomic E-state index is -0.508. The number of rotatable bonds is 6. The first-order chi connectivity index (χ1) is 16.9. The lowest BCUT2D eigenvalue weighted by atomic mass is 10.1. The number of hydrogen-bond donors (Lipinski definition) is 2. The molecule has 1 saturated heterocycles. The second kappa shape index (κ2) is 11.3. The number of nitrogens with one attached hydrogen (secondary N) is 2. The summed E-state index contributed by atoms with van der Waals surface area (Å²) < 4.78 is 19.2. The molecule has 4 rings (SSSR count). The Hall–Kier alpha value is -3.51. The van der Waals surface area contributed by atoms with Crippen LogP contribution in [0.1, 0.15) is 18.4 Å². The smallest absolute Gasteiger partial charge is 0.248 e. The molecule has 1 amide bonds. The maximum atomic E-state index is 13.6. The van der Waals surface area contributed by atoms with E-state index in [0.717, 1.165) is 12.8 Å². The van der Waals surface area contributed by atoms with Crippen LogP contribution in [-0.4, -0.2) is 54.1 Å². The van der Waals surface area contributed by atoms with E-state index in [-0.39, 0.29) is 17.0 Å². The average Bonchev–Trinajstić information content (AvgIpc) is 3.34. The Morgan fingerprint density at radius 1 is 1.31 bits per heavy atom. The molecule has 3 aromatic rings. The van der Waals surface area contributed by atoms with Gasteiger partial charge < -0.3 is 20.3 Å². The molecule has 0 radical (unpaired) electrons. The van der Waals surface area contributed by atoms with Gasteiger partial charge in [-0.25, -0.2) is 14.4 Å². The summed E-state index contributed by atoms with van der Waals surface area (Å²) in [6.07, 6.45) is 6.43. The predicted octanol–water partition coefficient (Wildman–Crippen LogP) is 4.75. The molecule has 0 bridgehead atoms. The van der Waals surface area contributed by atoms with Gasteiger partial charge in [-0.15, -0.1) is 0 Å². The first-order valence-corrected chi connectivity index (χ1v) is 11.5. The van der Waals surface area contributed by atoms with Gasteiger partial charge in [-0.05, 0) is 57.3 Å². The van der Waals surface area contributed by atoms with Crippen molar-refractivity contribution in [3.8, 4) is 11.8 Å². The van der Waals surface area contributed by atoms with E-state index in [4.69, 9.17) is 16.3 Å². The fourth-order valence-corrected chi connectivity index (χ4v) is 3.70. The van der Waals surface area contributed by atoms with Crippen LogP contribution in [0.3, 0.4) is 0 Å².